The van der Waals surface area contributed by atoms with Gasteiger partial charge in [0.05, 0.1) is 5.69 Å². The highest BCUT2D eigenvalue weighted by molar-refractivity contribution is 14.0. The molecular weight excluding hydrogens is 529 g/mol. The lowest BCUT2D eigenvalue weighted by Crippen LogP contribution is -2.38. The first-order valence-electron chi connectivity index (χ1n) is 10.2. The molecule has 3 aromatic rings. The molecule has 0 saturated heterocycles. The van der Waals surface area contributed by atoms with E-state index in [1.54, 1.807) is 0 Å². The summed E-state index contributed by atoms with van der Waals surface area (Å²) in [6.45, 7) is 9.13. The smallest absolute Gasteiger partial charge is 0.228 e. The molecule has 0 fully saturated rings. The molecule has 0 saturated carbocycles. The molecule has 0 aliphatic carbocycles. The van der Waals surface area contributed by atoms with E-state index in [1.165, 1.54) is 5.69 Å². The van der Waals surface area contributed by atoms with E-state index in [4.69, 9.17) is 16.1 Å². The summed E-state index contributed by atoms with van der Waals surface area (Å²) in [5.74, 6) is 1.88. The summed E-state index contributed by atoms with van der Waals surface area (Å²) in [5.41, 5.74) is 3.06. The van der Waals surface area contributed by atoms with Crippen LogP contribution in [0.2, 0.25) is 5.02 Å². The van der Waals surface area contributed by atoms with Crippen LogP contribution in [0.15, 0.2) is 39.8 Å². The molecule has 0 aliphatic heterocycles. The maximum atomic E-state index is 6.02. The van der Waals surface area contributed by atoms with Crippen molar-refractivity contribution >= 4 is 41.5 Å². The summed E-state index contributed by atoms with van der Waals surface area (Å²) in [6.07, 6.45) is 1.52. The summed E-state index contributed by atoms with van der Waals surface area (Å²) in [4.78, 5) is 9.07. The Bertz CT molecular complexity index is 986. The number of guanidine groups is 1. The van der Waals surface area contributed by atoms with Crippen LogP contribution in [0.25, 0.3) is 11.4 Å². The minimum atomic E-state index is 0. The van der Waals surface area contributed by atoms with Gasteiger partial charge in [-0.15, -0.1) is 24.0 Å². The van der Waals surface area contributed by atoms with E-state index in [1.807, 2.05) is 42.8 Å². The molecule has 3 rings (SSSR count). The molecule has 8 nitrogen and oxygen atoms in total. The third-order valence-corrected chi connectivity index (χ3v) is 4.66. The summed E-state index contributed by atoms with van der Waals surface area (Å²) in [7, 11) is 0. The van der Waals surface area contributed by atoms with Gasteiger partial charge in [-0.25, -0.2) is 0 Å². The second-order valence-corrected chi connectivity index (χ2v) is 7.40. The predicted octanol–water partition coefficient (Wildman–Crippen LogP) is 4.01. The minimum absolute atomic E-state index is 0. The molecule has 168 valence electrons. The lowest BCUT2D eigenvalue weighted by molar-refractivity contribution is 0.378. The predicted molar refractivity (Wildman–Crippen MR) is 134 cm³/mol. The number of hydrogen-bond acceptors (Lipinski definition) is 5. The highest BCUT2D eigenvalue weighted by atomic mass is 127. The molecule has 0 unspecified atom stereocenters. The van der Waals surface area contributed by atoms with Crippen molar-refractivity contribution in [3.63, 3.8) is 0 Å². The zero-order valence-electron chi connectivity index (χ0n) is 18.1. The molecule has 10 heteroatoms. The van der Waals surface area contributed by atoms with Gasteiger partial charge in [0.25, 0.3) is 0 Å². The number of aromatic nitrogens is 4. The van der Waals surface area contributed by atoms with Crippen molar-refractivity contribution in [2.24, 2.45) is 4.99 Å². The van der Waals surface area contributed by atoms with E-state index >= 15 is 0 Å². The average Bonchev–Trinajstić information content (AvgIpc) is 3.31. The average molecular weight is 558 g/mol. The van der Waals surface area contributed by atoms with Gasteiger partial charge in [0.2, 0.25) is 11.7 Å². The first-order chi connectivity index (χ1) is 14.5. The molecule has 2 heterocycles. The van der Waals surface area contributed by atoms with E-state index in [-0.39, 0.29) is 24.0 Å². The Labute approximate surface area is 204 Å². The maximum Gasteiger partial charge on any atom is 0.228 e. The molecule has 0 spiro atoms. The van der Waals surface area contributed by atoms with Gasteiger partial charge in [0.1, 0.15) is 0 Å². The Morgan fingerprint density at radius 1 is 1.23 bits per heavy atom. The molecule has 0 atom stereocenters. The number of rotatable bonds is 9. The van der Waals surface area contributed by atoms with Crippen LogP contribution in [-0.4, -0.2) is 45.5 Å². The Balaban J connectivity index is 0.00000341. The number of aliphatic imine (C=N–C) groups is 1. The van der Waals surface area contributed by atoms with Gasteiger partial charge >= 0.3 is 0 Å². The van der Waals surface area contributed by atoms with E-state index in [0.29, 0.717) is 36.2 Å². The van der Waals surface area contributed by atoms with Gasteiger partial charge in [-0.05, 0) is 45.4 Å². The number of nitrogens with one attached hydrogen (secondary N) is 2. The van der Waals surface area contributed by atoms with Gasteiger partial charge < -0.3 is 15.2 Å². The molecular formula is C21H29ClIN7O. The van der Waals surface area contributed by atoms with Crippen LogP contribution in [0.5, 0.6) is 0 Å². The normalized spacial score (nSPS) is 11.3. The van der Waals surface area contributed by atoms with Gasteiger partial charge in [-0.2, -0.15) is 10.1 Å². The first kappa shape index (κ1) is 25.1. The lowest BCUT2D eigenvalue weighted by Gasteiger charge is -2.10. The number of halogens is 2. The Kier molecular flexibility index (Phi) is 10.3. The summed E-state index contributed by atoms with van der Waals surface area (Å²) in [5, 5.41) is 15.7. The van der Waals surface area contributed by atoms with Crippen molar-refractivity contribution < 1.29 is 4.52 Å². The largest absolute Gasteiger partial charge is 0.357 e. The van der Waals surface area contributed by atoms with Crippen molar-refractivity contribution in [1.29, 1.82) is 0 Å². The van der Waals surface area contributed by atoms with Crippen molar-refractivity contribution in [1.82, 2.24) is 30.6 Å². The Morgan fingerprint density at radius 3 is 2.77 bits per heavy atom. The van der Waals surface area contributed by atoms with Gasteiger partial charge in [-0.3, -0.25) is 9.67 Å². The van der Waals surface area contributed by atoms with E-state index in [0.717, 1.165) is 36.7 Å². The zero-order chi connectivity index (χ0) is 21.3. The Hall–Kier alpha value is -2.14. The molecule has 0 aliphatic rings. The summed E-state index contributed by atoms with van der Waals surface area (Å²) >= 11 is 6.02. The topological polar surface area (TPSA) is 93.2 Å². The number of hydrogen-bond donors (Lipinski definition) is 2. The van der Waals surface area contributed by atoms with E-state index in [9.17, 15) is 0 Å². The fourth-order valence-corrected chi connectivity index (χ4v) is 3.23. The molecule has 0 radical (unpaired) electrons. The molecule has 0 amide bonds. The third kappa shape index (κ3) is 7.80. The van der Waals surface area contributed by atoms with Crippen molar-refractivity contribution in [3.05, 3.63) is 52.6 Å². The van der Waals surface area contributed by atoms with Crippen LogP contribution in [-0.2, 0) is 13.0 Å². The Morgan fingerprint density at radius 2 is 2.06 bits per heavy atom. The molecule has 0 bridgehead atoms. The fourth-order valence-electron chi connectivity index (χ4n) is 3.04. The second kappa shape index (κ2) is 12.7. The summed E-state index contributed by atoms with van der Waals surface area (Å²) < 4.78 is 7.37. The van der Waals surface area contributed by atoms with E-state index in [2.05, 4.69) is 43.9 Å². The van der Waals surface area contributed by atoms with Crippen LogP contribution in [0, 0.1) is 13.8 Å². The van der Waals surface area contributed by atoms with Crippen molar-refractivity contribution in [2.75, 3.05) is 19.6 Å². The maximum absolute atomic E-state index is 6.02. The van der Waals surface area contributed by atoms with Crippen LogP contribution < -0.4 is 10.6 Å². The minimum Gasteiger partial charge on any atom is -0.357 e. The molecule has 31 heavy (non-hydrogen) atoms. The van der Waals surface area contributed by atoms with Crippen LogP contribution >= 0.6 is 35.6 Å². The fraction of sp³-hybridized carbons (Fsp3) is 0.429. The molecule has 2 aromatic heterocycles. The molecule has 1 aromatic carbocycles. The van der Waals surface area contributed by atoms with Crippen LogP contribution in [0.1, 0.15) is 30.6 Å². The van der Waals surface area contributed by atoms with Crippen molar-refractivity contribution in [2.45, 2.75) is 40.2 Å². The zero-order valence-corrected chi connectivity index (χ0v) is 21.1. The van der Waals surface area contributed by atoms with Gasteiger partial charge in [-0.1, -0.05) is 28.9 Å². The number of nitrogens with zero attached hydrogens (tertiary/aromatic N) is 5. The highest BCUT2D eigenvalue weighted by Gasteiger charge is 2.09. The van der Waals surface area contributed by atoms with Crippen LogP contribution in [0.4, 0.5) is 0 Å². The van der Waals surface area contributed by atoms with Gasteiger partial charge in [0.15, 0.2) is 5.96 Å². The van der Waals surface area contributed by atoms with Crippen LogP contribution in [0.3, 0.4) is 0 Å². The SMILES string of the molecule is CCNC(=NCCCn1nc(C)cc1C)NCCc1nc(-c2cccc(Cl)c2)no1.I. The summed E-state index contributed by atoms with van der Waals surface area (Å²) in [6, 6.07) is 9.49. The quantitative estimate of drug-likeness (QED) is 0.179. The van der Waals surface area contributed by atoms with E-state index < -0.39 is 0 Å². The number of benzene rings is 1. The third-order valence-electron chi connectivity index (χ3n) is 4.43. The lowest BCUT2D eigenvalue weighted by atomic mass is 10.2. The number of aryl methyl sites for hydroxylation is 3. The highest BCUT2D eigenvalue weighted by Crippen LogP contribution is 2.19. The van der Waals surface area contributed by atoms with Gasteiger partial charge in [0, 0.05) is 48.9 Å². The monoisotopic (exact) mass is 557 g/mol. The standard InChI is InChI=1S/C21H28ClN7O.HI/c1-4-23-21(24-10-6-12-29-16(3)13-15(2)27-29)25-11-9-19-26-20(28-30-19)17-7-5-8-18(22)14-17;/h5,7-8,13-14H,4,6,9-12H2,1-3H3,(H2,23,24,25);1H. The first-order valence-corrected chi connectivity index (χ1v) is 10.5. The molecule has 2 N–H and O–H groups in total. The van der Waals surface area contributed by atoms with Crippen molar-refractivity contribution in [3.8, 4) is 11.4 Å². The second-order valence-electron chi connectivity index (χ2n) is 6.96.